The molecule has 1 aliphatic rings. The second-order valence-electron chi connectivity index (χ2n) is 5.71. The Morgan fingerprint density at radius 1 is 1.26 bits per heavy atom. The summed E-state index contributed by atoms with van der Waals surface area (Å²) in [7, 11) is 0. The van der Waals surface area contributed by atoms with Gasteiger partial charge in [-0.1, -0.05) is 0 Å². The third-order valence-electron chi connectivity index (χ3n) is 3.98. The number of pyridine rings is 2. The van der Waals surface area contributed by atoms with E-state index in [1.54, 1.807) is 24.8 Å². The summed E-state index contributed by atoms with van der Waals surface area (Å²) in [6, 6.07) is 3.63. The summed E-state index contributed by atoms with van der Waals surface area (Å²) in [6.45, 7) is 1.93. The van der Waals surface area contributed by atoms with Gasteiger partial charge in [-0.15, -0.1) is 0 Å². The van der Waals surface area contributed by atoms with Crippen LogP contribution in [0.3, 0.4) is 0 Å². The summed E-state index contributed by atoms with van der Waals surface area (Å²) in [4.78, 5) is 27.6. The SMILES string of the molecule is Cc1[nH]cnc1-c1cc2cnc(NC(=O)[C@@H]3C[C@@H]3F)cc2cn1. The van der Waals surface area contributed by atoms with E-state index in [0.717, 1.165) is 27.9 Å². The molecule has 0 radical (unpaired) electrons. The molecule has 116 valence electrons. The largest absolute Gasteiger partial charge is 0.348 e. The molecule has 1 amide bonds. The lowest BCUT2D eigenvalue weighted by atomic mass is 10.1. The van der Waals surface area contributed by atoms with Gasteiger partial charge in [0.05, 0.1) is 17.9 Å². The Morgan fingerprint density at radius 2 is 2.00 bits per heavy atom. The number of anilines is 1. The molecule has 0 aliphatic heterocycles. The van der Waals surface area contributed by atoms with E-state index in [1.165, 1.54) is 0 Å². The summed E-state index contributed by atoms with van der Waals surface area (Å²) in [5.74, 6) is -0.441. The summed E-state index contributed by atoms with van der Waals surface area (Å²) >= 11 is 0. The molecule has 0 bridgehead atoms. The monoisotopic (exact) mass is 311 g/mol. The van der Waals surface area contributed by atoms with Crippen molar-refractivity contribution in [2.75, 3.05) is 5.32 Å². The van der Waals surface area contributed by atoms with Crippen LogP contribution in [0.5, 0.6) is 0 Å². The molecule has 1 saturated carbocycles. The zero-order chi connectivity index (χ0) is 16.0. The van der Waals surface area contributed by atoms with Crippen molar-refractivity contribution < 1.29 is 9.18 Å². The maximum Gasteiger partial charge on any atom is 0.231 e. The summed E-state index contributed by atoms with van der Waals surface area (Å²) in [5, 5.41) is 4.38. The van der Waals surface area contributed by atoms with Crippen molar-refractivity contribution in [1.82, 2.24) is 19.9 Å². The van der Waals surface area contributed by atoms with E-state index >= 15 is 0 Å². The minimum absolute atomic E-state index is 0.299. The molecule has 1 fully saturated rings. The number of imidazole rings is 1. The van der Waals surface area contributed by atoms with Crippen LogP contribution in [0.15, 0.2) is 30.9 Å². The molecule has 3 aromatic rings. The smallest absolute Gasteiger partial charge is 0.231 e. The Balaban J connectivity index is 1.63. The normalized spacial score (nSPS) is 19.7. The van der Waals surface area contributed by atoms with Crippen LogP contribution < -0.4 is 5.32 Å². The maximum atomic E-state index is 12.9. The van der Waals surface area contributed by atoms with Gasteiger partial charge in [0.2, 0.25) is 5.91 Å². The molecule has 2 atom stereocenters. The molecule has 2 N–H and O–H groups in total. The molecular formula is C16H14FN5O. The van der Waals surface area contributed by atoms with Crippen LogP contribution in [0.2, 0.25) is 0 Å². The molecule has 3 heterocycles. The quantitative estimate of drug-likeness (QED) is 0.779. The number of carbonyl (C=O) groups is 1. The predicted octanol–water partition coefficient (Wildman–Crippen LogP) is 2.62. The Kier molecular flexibility index (Phi) is 3.07. The number of aromatic amines is 1. The lowest BCUT2D eigenvalue weighted by Gasteiger charge is -2.06. The highest BCUT2D eigenvalue weighted by Crippen LogP contribution is 2.34. The first-order chi connectivity index (χ1) is 11.1. The first kappa shape index (κ1) is 13.8. The van der Waals surface area contributed by atoms with Crippen LogP contribution in [0, 0.1) is 12.8 Å². The van der Waals surface area contributed by atoms with Gasteiger partial charge in [0.25, 0.3) is 0 Å². The molecule has 3 aromatic heterocycles. The molecule has 1 aliphatic carbocycles. The van der Waals surface area contributed by atoms with Crippen molar-refractivity contribution in [3.05, 3.63) is 36.5 Å². The van der Waals surface area contributed by atoms with Crippen LogP contribution >= 0.6 is 0 Å². The van der Waals surface area contributed by atoms with Crippen molar-refractivity contribution in [2.24, 2.45) is 5.92 Å². The van der Waals surface area contributed by atoms with Gasteiger partial charge in [-0.2, -0.15) is 0 Å². The number of nitrogens with one attached hydrogen (secondary N) is 2. The van der Waals surface area contributed by atoms with Crippen LogP contribution in [-0.4, -0.2) is 32.0 Å². The molecule has 6 nitrogen and oxygen atoms in total. The zero-order valence-electron chi connectivity index (χ0n) is 12.4. The molecule has 0 aromatic carbocycles. The molecule has 0 spiro atoms. The molecule has 0 saturated heterocycles. The molecule has 23 heavy (non-hydrogen) atoms. The van der Waals surface area contributed by atoms with E-state index in [-0.39, 0.29) is 5.91 Å². The predicted molar refractivity (Wildman–Crippen MR) is 83.5 cm³/mol. The summed E-state index contributed by atoms with van der Waals surface area (Å²) in [5.41, 5.74) is 2.50. The zero-order valence-corrected chi connectivity index (χ0v) is 12.4. The number of aromatic nitrogens is 4. The number of rotatable bonds is 3. The van der Waals surface area contributed by atoms with Gasteiger partial charge in [-0.3, -0.25) is 9.78 Å². The highest BCUT2D eigenvalue weighted by atomic mass is 19.1. The van der Waals surface area contributed by atoms with E-state index in [1.807, 2.05) is 13.0 Å². The lowest BCUT2D eigenvalue weighted by molar-refractivity contribution is -0.117. The Labute approximate surface area is 131 Å². The number of hydrogen-bond acceptors (Lipinski definition) is 4. The number of nitrogens with zero attached hydrogens (tertiary/aromatic N) is 3. The summed E-state index contributed by atoms with van der Waals surface area (Å²) in [6.07, 6.45) is 4.29. The van der Waals surface area contributed by atoms with Crippen molar-refractivity contribution in [2.45, 2.75) is 19.5 Å². The number of fused-ring (bicyclic) bond motifs is 1. The average Bonchev–Trinajstić information content (AvgIpc) is 3.13. The number of amides is 1. The van der Waals surface area contributed by atoms with Gasteiger partial charge in [0.15, 0.2) is 0 Å². The third kappa shape index (κ3) is 2.54. The fourth-order valence-corrected chi connectivity index (χ4v) is 2.51. The van der Waals surface area contributed by atoms with E-state index < -0.39 is 12.1 Å². The Hall–Kier alpha value is -2.83. The van der Waals surface area contributed by atoms with E-state index in [9.17, 15) is 9.18 Å². The molecule has 7 heteroatoms. The van der Waals surface area contributed by atoms with Crippen LogP contribution in [-0.2, 0) is 4.79 Å². The van der Waals surface area contributed by atoms with Crippen molar-refractivity contribution in [3.8, 4) is 11.4 Å². The van der Waals surface area contributed by atoms with Gasteiger partial charge in [0, 0.05) is 28.9 Å². The van der Waals surface area contributed by atoms with Crippen molar-refractivity contribution in [1.29, 1.82) is 0 Å². The Morgan fingerprint density at radius 3 is 2.70 bits per heavy atom. The number of aryl methyl sites for hydroxylation is 1. The number of H-pyrrole nitrogens is 1. The van der Waals surface area contributed by atoms with Gasteiger partial charge >= 0.3 is 0 Å². The first-order valence-electron chi connectivity index (χ1n) is 7.33. The number of halogens is 1. The van der Waals surface area contributed by atoms with E-state index in [2.05, 4.69) is 25.3 Å². The fraction of sp³-hybridized carbons (Fsp3) is 0.250. The number of alkyl halides is 1. The van der Waals surface area contributed by atoms with E-state index in [4.69, 9.17) is 0 Å². The number of hydrogen-bond donors (Lipinski definition) is 2. The Bertz CT molecular complexity index is 906. The minimum Gasteiger partial charge on any atom is -0.348 e. The second-order valence-corrected chi connectivity index (χ2v) is 5.71. The molecule has 4 rings (SSSR count). The molecule has 0 unspecified atom stereocenters. The maximum absolute atomic E-state index is 12.9. The van der Waals surface area contributed by atoms with Gasteiger partial charge in [-0.25, -0.2) is 14.4 Å². The third-order valence-corrected chi connectivity index (χ3v) is 3.98. The minimum atomic E-state index is -1.02. The first-order valence-corrected chi connectivity index (χ1v) is 7.33. The van der Waals surface area contributed by atoms with Crippen molar-refractivity contribution >= 4 is 22.5 Å². The van der Waals surface area contributed by atoms with Crippen molar-refractivity contribution in [3.63, 3.8) is 0 Å². The highest BCUT2D eigenvalue weighted by molar-refractivity contribution is 5.96. The summed E-state index contributed by atoms with van der Waals surface area (Å²) < 4.78 is 12.9. The van der Waals surface area contributed by atoms with E-state index in [0.29, 0.717) is 12.2 Å². The number of carbonyl (C=O) groups excluding carboxylic acids is 1. The van der Waals surface area contributed by atoms with Gasteiger partial charge < -0.3 is 10.3 Å². The molecular weight excluding hydrogens is 297 g/mol. The highest BCUT2D eigenvalue weighted by Gasteiger charge is 2.43. The topological polar surface area (TPSA) is 83.6 Å². The van der Waals surface area contributed by atoms with Crippen LogP contribution in [0.4, 0.5) is 10.2 Å². The standard InChI is InChI=1S/C16H14FN5O/c1-8-15(21-7-20-8)13-2-9-6-19-14(3-10(9)5-18-13)22-16(23)11-4-12(11)17/h2-3,5-7,11-12H,4H2,1H3,(H,20,21)(H,19,22,23)/t11-,12+/m1/s1. The van der Waals surface area contributed by atoms with Crippen LogP contribution in [0.1, 0.15) is 12.1 Å². The van der Waals surface area contributed by atoms with Crippen LogP contribution in [0.25, 0.3) is 22.2 Å². The average molecular weight is 311 g/mol. The second kappa shape index (κ2) is 5.12. The lowest BCUT2D eigenvalue weighted by Crippen LogP contribution is -2.15. The van der Waals surface area contributed by atoms with Gasteiger partial charge in [-0.05, 0) is 25.5 Å². The van der Waals surface area contributed by atoms with Gasteiger partial charge in [0.1, 0.15) is 17.7 Å². The fourth-order valence-electron chi connectivity index (χ4n) is 2.51.